The van der Waals surface area contributed by atoms with Crippen molar-refractivity contribution in [1.82, 2.24) is 9.78 Å². The number of rotatable bonds is 5. The van der Waals surface area contributed by atoms with Gasteiger partial charge >= 0.3 is 0 Å². The second kappa shape index (κ2) is 5.46. The van der Waals surface area contributed by atoms with Gasteiger partial charge in [-0.05, 0) is 13.3 Å². The third-order valence-electron chi connectivity index (χ3n) is 2.62. The Morgan fingerprint density at radius 2 is 2.25 bits per heavy atom. The molecule has 2 N–H and O–H groups in total. The Hall–Kier alpha value is -0.870. The van der Waals surface area contributed by atoms with Crippen molar-refractivity contribution in [2.24, 2.45) is 12.8 Å². The lowest BCUT2D eigenvalue weighted by Gasteiger charge is -2.09. The minimum atomic E-state index is -0.392. The molecule has 1 rings (SSSR count). The molecule has 0 saturated heterocycles. The van der Waals surface area contributed by atoms with E-state index in [0.29, 0.717) is 11.4 Å². The molecule has 90 valence electrons. The molecule has 1 aromatic rings. The van der Waals surface area contributed by atoms with Gasteiger partial charge < -0.3 is 5.73 Å². The average molecular weight is 244 g/mol. The fraction of sp³-hybridized carbons (Fsp3) is 0.636. The van der Waals surface area contributed by atoms with Crippen LogP contribution >= 0.6 is 11.6 Å². The fourth-order valence-corrected chi connectivity index (χ4v) is 1.87. The van der Waals surface area contributed by atoms with E-state index in [4.69, 9.17) is 17.3 Å². The van der Waals surface area contributed by atoms with Crippen molar-refractivity contribution in [3.63, 3.8) is 0 Å². The smallest absolute Gasteiger partial charge is 0.155 e. The summed E-state index contributed by atoms with van der Waals surface area (Å²) in [7, 11) is 1.78. The summed E-state index contributed by atoms with van der Waals surface area (Å²) in [6.45, 7) is 3.83. The average Bonchev–Trinajstić information content (AvgIpc) is 2.45. The summed E-state index contributed by atoms with van der Waals surface area (Å²) >= 11 is 6.06. The van der Waals surface area contributed by atoms with Crippen LogP contribution in [-0.2, 0) is 18.3 Å². The minimum absolute atomic E-state index is 0.0201. The van der Waals surface area contributed by atoms with Gasteiger partial charge in [0.2, 0.25) is 0 Å². The van der Waals surface area contributed by atoms with E-state index in [0.717, 1.165) is 17.8 Å². The van der Waals surface area contributed by atoms with E-state index < -0.39 is 6.04 Å². The third kappa shape index (κ3) is 2.83. The first kappa shape index (κ1) is 13.2. The summed E-state index contributed by atoms with van der Waals surface area (Å²) in [5, 5.41) is 4.73. The SMILES string of the molecule is CCCC(N)C(=O)Cc1c(Cl)c(C)nn1C. The van der Waals surface area contributed by atoms with E-state index in [2.05, 4.69) is 5.10 Å². The molecule has 16 heavy (non-hydrogen) atoms. The van der Waals surface area contributed by atoms with Gasteiger partial charge in [-0.15, -0.1) is 0 Å². The number of hydrogen-bond donors (Lipinski definition) is 1. The summed E-state index contributed by atoms with van der Waals surface area (Å²) in [6, 6.07) is -0.392. The number of Topliss-reactive ketones (excluding diaryl/α,β-unsaturated/α-hetero) is 1. The number of carbonyl (C=O) groups is 1. The van der Waals surface area contributed by atoms with Gasteiger partial charge in [0.05, 0.1) is 28.9 Å². The summed E-state index contributed by atoms with van der Waals surface area (Å²) in [6.07, 6.45) is 1.88. The van der Waals surface area contributed by atoms with E-state index in [1.807, 2.05) is 13.8 Å². The van der Waals surface area contributed by atoms with Gasteiger partial charge in [-0.1, -0.05) is 24.9 Å². The highest BCUT2D eigenvalue weighted by atomic mass is 35.5. The lowest BCUT2D eigenvalue weighted by atomic mass is 10.0. The molecule has 4 nitrogen and oxygen atoms in total. The molecule has 0 radical (unpaired) electrons. The second-order valence-corrected chi connectivity index (χ2v) is 4.39. The number of aromatic nitrogens is 2. The van der Waals surface area contributed by atoms with Crippen molar-refractivity contribution >= 4 is 17.4 Å². The predicted octanol–water partition coefficient (Wildman–Crippen LogP) is 1.62. The molecule has 1 unspecified atom stereocenters. The number of carbonyl (C=O) groups excluding carboxylic acids is 1. The Balaban J connectivity index is 2.77. The van der Waals surface area contributed by atoms with Crippen LogP contribution in [-0.4, -0.2) is 21.6 Å². The Kier molecular flexibility index (Phi) is 4.50. The maximum absolute atomic E-state index is 11.8. The molecule has 0 fully saturated rings. The number of ketones is 1. The molecule has 1 atom stereocenters. The number of aryl methyl sites for hydroxylation is 2. The maximum Gasteiger partial charge on any atom is 0.155 e. The Bertz CT molecular complexity index is 387. The largest absolute Gasteiger partial charge is 0.321 e. The van der Waals surface area contributed by atoms with Crippen molar-refractivity contribution in [3.05, 3.63) is 16.4 Å². The van der Waals surface area contributed by atoms with Crippen LogP contribution in [0.4, 0.5) is 0 Å². The first-order valence-corrected chi connectivity index (χ1v) is 5.81. The van der Waals surface area contributed by atoms with Crippen LogP contribution in [0.3, 0.4) is 0 Å². The van der Waals surface area contributed by atoms with Crippen molar-refractivity contribution in [1.29, 1.82) is 0 Å². The predicted molar refractivity (Wildman–Crippen MR) is 64.5 cm³/mol. The van der Waals surface area contributed by atoms with Gasteiger partial charge in [-0.3, -0.25) is 9.48 Å². The van der Waals surface area contributed by atoms with E-state index in [9.17, 15) is 4.79 Å². The summed E-state index contributed by atoms with van der Waals surface area (Å²) < 4.78 is 1.65. The zero-order valence-corrected chi connectivity index (χ0v) is 10.7. The van der Waals surface area contributed by atoms with Crippen LogP contribution in [0.1, 0.15) is 31.2 Å². The van der Waals surface area contributed by atoms with Gasteiger partial charge in [0.25, 0.3) is 0 Å². The van der Waals surface area contributed by atoms with Crippen LogP contribution in [0.2, 0.25) is 5.02 Å². The molecule has 0 aromatic carbocycles. The van der Waals surface area contributed by atoms with Gasteiger partial charge in [-0.2, -0.15) is 5.10 Å². The lowest BCUT2D eigenvalue weighted by molar-refractivity contribution is -0.119. The molecule has 5 heteroatoms. The molecule has 0 aliphatic rings. The molecule has 1 heterocycles. The first-order valence-electron chi connectivity index (χ1n) is 5.43. The Labute approximate surface area is 101 Å². The number of hydrogen-bond acceptors (Lipinski definition) is 3. The summed E-state index contributed by atoms with van der Waals surface area (Å²) in [5.41, 5.74) is 7.25. The highest BCUT2D eigenvalue weighted by Crippen LogP contribution is 2.20. The van der Waals surface area contributed by atoms with Gasteiger partial charge in [0.1, 0.15) is 0 Å². The molecule has 0 amide bonds. The lowest BCUT2D eigenvalue weighted by Crippen LogP contribution is -2.32. The Morgan fingerprint density at radius 1 is 1.62 bits per heavy atom. The van der Waals surface area contributed by atoms with E-state index in [1.165, 1.54) is 0 Å². The van der Waals surface area contributed by atoms with E-state index in [-0.39, 0.29) is 12.2 Å². The fourth-order valence-electron chi connectivity index (χ4n) is 1.64. The van der Waals surface area contributed by atoms with Crippen molar-refractivity contribution in [2.45, 2.75) is 39.2 Å². The standard InChI is InChI=1S/C11H18ClN3O/c1-4-5-8(13)10(16)6-9-11(12)7(2)14-15(9)3/h8H,4-6,13H2,1-3H3. The van der Waals surface area contributed by atoms with Crippen LogP contribution in [0.15, 0.2) is 0 Å². The molecule has 0 bridgehead atoms. The van der Waals surface area contributed by atoms with Crippen LogP contribution in [0, 0.1) is 6.92 Å². The second-order valence-electron chi connectivity index (χ2n) is 4.01. The normalized spacial score (nSPS) is 12.8. The highest BCUT2D eigenvalue weighted by molar-refractivity contribution is 6.32. The topological polar surface area (TPSA) is 60.9 Å². The van der Waals surface area contributed by atoms with Crippen LogP contribution < -0.4 is 5.73 Å². The minimum Gasteiger partial charge on any atom is -0.321 e. The summed E-state index contributed by atoms with van der Waals surface area (Å²) in [5.74, 6) is 0.0201. The van der Waals surface area contributed by atoms with Crippen LogP contribution in [0.25, 0.3) is 0 Å². The molecule has 0 aliphatic carbocycles. The van der Waals surface area contributed by atoms with Crippen LogP contribution in [0.5, 0.6) is 0 Å². The first-order chi connectivity index (χ1) is 7.47. The van der Waals surface area contributed by atoms with Crippen molar-refractivity contribution < 1.29 is 4.79 Å². The third-order valence-corrected chi connectivity index (χ3v) is 3.11. The molecule has 0 saturated carbocycles. The van der Waals surface area contributed by atoms with Gasteiger partial charge in [0.15, 0.2) is 5.78 Å². The number of halogens is 1. The molecule has 0 spiro atoms. The monoisotopic (exact) mass is 243 g/mol. The van der Waals surface area contributed by atoms with Crippen molar-refractivity contribution in [3.8, 4) is 0 Å². The highest BCUT2D eigenvalue weighted by Gasteiger charge is 2.18. The van der Waals surface area contributed by atoms with Gasteiger partial charge in [-0.25, -0.2) is 0 Å². The van der Waals surface area contributed by atoms with E-state index in [1.54, 1.807) is 11.7 Å². The molecule has 1 aromatic heterocycles. The zero-order valence-electron chi connectivity index (χ0n) is 9.96. The quantitative estimate of drug-likeness (QED) is 0.855. The number of nitrogens with two attached hydrogens (primary N) is 1. The molecule has 0 aliphatic heterocycles. The zero-order chi connectivity index (χ0) is 12.3. The summed E-state index contributed by atoms with van der Waals surface area (Å²) in [4.78, 5) is 11.8. The van der Waals surface area contributed by atoms with Gasteiger partial charge in [0, 0.05) is 7.05 Å². The van der Waals surface area contributed by atoms with Crippen molar-refractivity contribution in [2.75, 3.05) is 0 Å². The molecular weight excluding hydrogens is 226 g/mol. The Morgan fingerprint density at radius 3 is 2.69 bits per heavy atom. The van der Waals surface area contributed by atoms with E-state index >= 15 is 0 Å². The maximum atomic E-state index is 11.8. The molecular formula is C11H18ClN3O. The number of nitrogens with zero attached hydrogens (tertiary/aromatic N) is 2.